The van der Waals surface area contributed by atoms with Gasteiger partial charge in [0.1, 0.15) is 23.5 Å². The van der Waals surface area contributed by atoms with Crippen LogP contribution in [0.15, 0.2) is 65.1 Å². The molecule has 0 radical (unpaired) electrons. The van der Waals surface area contributed by atoms with Crippen LogP contribution in [0.5, 0.6) is 0 Å². The predicted octanol–water partition coefficient (Wildman–Crippen LogP) is 5.36. The molecule has 2 aromatic carbocycles. The minimum absolute atomic E-state index is 0.145. The van der Waals surface area contributed by atoms with Crippen LogP contribution in [0.25, 0.3) is 11.3 Å². The Balaban J connectivity index is 1.82. The molecule has 0 bridgehead atoms. The smallest absolute Gasteiger partial charge is 0.437 e. The molecule has 11 heteroatoms. The fourth-order valence-corrected chi connectivity index (χ4v) is 4.05. The van der Waals surface area contributed by atoms with Crippen LogP contribution in [0.4, 0.5) is 18.0 Å². The van der Waals surface area contributed by atoms with Crippen molar-refractivity contribution >= 4 is 35.0 Å². The van der Waals surface area contributed by atoms with E-state index < -0.39 is 35.7 Å². The first-order chi connectivity index (χ1) is 15.5. The lowest BCUT2D eigenvalue weighted by Gasteiger charge is -2.44. The van der Waals surface area contributed by atoms with Crippen molar-refractivity contribution in [3.63, 3.8) is 0 Å². The fourth-order valence-electron chi connectivity index (χ4n) is 3.70. The summed E-state index contributed by atoms with van der Waals surface area (Å²) in [5, 5.41) is 14.9. The van der Waals surface area contributed by atoms with Crippen LogP contribution in [0.1, 0.15) is 22.2 Å². The lowest BCUT2D eigenvalue weighted by Crippen LogP contribution is -2.72. The normalized spacial score (nSPS) is 23.0. The number of furan rings is 1. The Bertz CT molecular complexity index is 1210. The highest BCUT2D eigenvalue weighted by Gasteiger charge is 2.66. The van der Waals surface area contributed by atoms with Crippen molar-refractivity contribution in [1.82, 2.24) is 10.6 Å². The SMILES string of the molecule is O=C1N[C@H](c2ccc(-c3ccccc3Cl)o2)[C@@H](C(=O)c2ccc(Cl)cc2)[C@@](O)(C(F)(F)F)N1. The minimum atomic E-state index is -5.38. The fraction of sp³-hybridized carbons (Fsp3) is 0.182. The van der Waals surface area contributed by atoms with E-state index in [4.69, 9.17) is 27.6 Å². The maximum atomic E-state index is 14.0. The summed E-state index contributed by atoms with van der Waals surface area (Å²) in [6, 6.07) is 11.5. The Morgan fingerprint density at radius 2 is 1.70 bits per heavy atom. The molecule has 1 saturated heterocycles. The zero-order valence-electron chi connectivity index (χ0n) is 16.5. The summed E-state index contributed by atoms with van der Waals surface area (Å²) in [6.45, 7) is 0. The van der Waals surface area contributed by atoms with Crippen molar-refractivity contribution in [2.24, 2.45) is 5.92 Å². The van der Waals surface area contributed by atoms with Crippen LogP contribution in [0.3, 0.4) is 0 Å². The molecule has 1 fully saturated rings. The molecular formula is C22H15Cl2F3N2O4. The van der Waals surface area contributed by atoms with E-state index >= 15 is 0 Å². The number of hydrogen-bond donors (Lipinski definition) is 3. The quantitative estimate of drug-likeness (QED) is 0.422. The molecule has 1 aliphatic rings. The number of carbonyl (C=O) groups is 2. The maximum absolute atomic E-state index is 14.0. The van der Waals surface area contributed by atoms with Crippen LogP contribution >= 0.6 is 23.2 Å². The Hall–Kier alpha value is -3.01. The van der Waals surface area contributed by atoms with Gasteiger partial charge in [-0.05, 0) is 48.5 Å². The number of carbonyl (C=O) groups excluding carboxylic acids is 2. The number of hydrogen-bond acceptors (Lipinski definition) is 4. The number of nitrogens with one attached hydrogen (secondary N) is 2. The standard InChI is InChI=1S/C22H15Cl2F3N2O4/c23-12-7-5-11(6-8-12)19(30)17-18(28-20(31)29-21(17,32)22(25,26)27)16-10-9-15(33-16)13-3-1-2-4-14(13)24/h1-10,17-18,32H,(H2,28,29,31)/t17-,18+,21+/m0/s1. The molecule has 0 unspecified atom stereocenters. The molecule has 6 nitrogen and oxygen atoms in total. The number of halogens is 5. The van der Waals surface area contributed by atoms with E-state index in [0.717, 1.165) is 0 Å². The third-order valence-corrected chi connectivity index (χ3v) is 5.87. The molecule has 2 amide bonds. The lowest BCUT2D eigenvalue weighted by molar-refractivity contribution is -0.288. The second-order valence-corrected chi connectivity index (χ2v) is 8.21. The zero-order valence-corrected chi connectivity index (χ0v) is 18.0. The molecule has 4 rings (SSSR count). The molecular weight excluding hydrogens is 484 g/mol. The molecule has 0 saturated carbocycles. The van der Waals surface area contributed by atoms with E-state index in [2.05, 4.69) is 5.32 Å². The van der Waals surface area contributed by atoms with Gasteiger partial charge in [0.2, 0.25) is 5.72 Å². The molecule has 0 spiro atoms. The first-order valence-electron chi connectivity index (χ1n) is 9.53. The van der Waals surface area contributed by atoms with Gasteiger partial charge in [-0.1, -0.05) is 35.3 Å². The van der Waals surface area contributed by atoms with Gasteiger partial charge in [0.05, 0.1) is 5.02 Å². The van der Waals surface area contributed by atoms with E-state index in [-0.39, 0.29) is 22.1 Å². The number of ketones is 1. The summed E-state index contributed by atoms with van der Waals surface area (Å²) in [7, 11) is 0. The van der Waals surface area contributed by atoms with Crippen LogP contribution < -0.4 is 10.6 Å². The van der Waals surface area contributed by atoms with Gasteiger partial charge in [0.15, 0.2) is 5.78 Å². The molecule has 2 heterocycles. The van der Waals surface area contributed by atoms with Crippen LogP contribution in [-0.2, 0) is 0 Å². The summed E-state index contributed by atoms with van der Waals surface area (Å²) in [5.41, 5.74) is -3.56. The van der Waals surface area contributed by atoms with Gasteiger partial charge < -0.3 is 20.2 Å². The molecule has 33 heavy (non-hydrogen) atoms. The van der Waals surface area contributed by atoms with E-state index in [9.17, 15) is 27.9 Å². The summed E-state index contributed by atoms with van der Waals surface area (Å²) >= 11 is 12.0. The van der Waals surface area contributed by atoms with Crippen molar-refractivity contribution in [3.05, 3.63) is 82.0 Å². The first-order valence-corrected chi connectivity index (χ1v) is 10.3. The Morgan fingerprint density at radius 1 is 1.03 bits per heavy atom. The zero-order chi connectivity index (χ0) is 24.0. The van der Waals surface area contributed by atoms with Crippen LogP contribution in [-0.4, -0.2) is 28.8 Å². The van der Waals surface area contributed by atoms with Crippen molar-refractivity contribution in [1.29, 1.82) is 0 Å². The van der Waals surface area contributed by atoms with E-state index in [1.165, 1.54) is 41.7 Å². The summed E-state index contributed by atoms with van der Waals surface area (Å²) in [5.74, 6) is -3.27. The average Bonchev–Trinajstić information content (AvgIpc) is 3.23. The number of benzene rings is 2. The number of aliphatic hydroxyl groups is 1. The van der Waals surface area contributed by atoms with Crippen molar-refractivity contribution in [2.45, 2.75) is 17.9 Å². The first kappa shape index (κ1) is 23.2. The Labute approximate surface area is 195 Å². The van der Waals surface area contributed by atoms with E-state index in [1.54, 1.807) is 24.3 Å². The number of alkyl halides is 3. The van der Waals surface area contributed by atoms with Crippen LogP contribution in [0, 0.1) is 5.92 Å². The average molecular weight is 499 g/mol. The topological polar surface area (TPSA) is 91.6 Å². The number of rotatable bonds is 4. The molecule has 172 valence electrons. The molecule has 3 atom stereocenters. The van der Waals surface area contributed by atoms with Crippen molar-refractivity contribution < 1.29 is 32.3 Å². The highest BCUT2D eigenvalue weighted by Crippen LogP contribution is 2.45. The highest BCUT2D eigenvalue weighted by molar-refractivity contribution is 6.33. The summed E-state index contributed by atoms with van der Waals surface area (Å²) in [6.07, 6.45) is -5.38. The maximum Gasteiger partial charge on any atom is 0.437 e. The molecule has 1 aromatic heterocycles. The summed E-state index contributed by atoms with van der Waals surface area (Å²) in [4.78, 5) is 25.4. The van der Waals surface area contributed by atoms with Gasteiger partial charge in [0.25, 0.3) is 0 Å². The molecule has 3 aromatic rings. The number of urea groups is 1. The van der Waals surface area contributed by atoms with Gasteiger partial charge in [0, 0.05) is 16.1 Å². The monoisotopic (exact) mass is 498 g/mol. The highest BCUT2D eigenvalue weighted by atomic mass is 35.5. The Morgan fingerprint density at radius 3 is 2.33 bits per heavy atom. The Kier molecular flexibility index (Phi) is 5.90. The van der Waals surface area contributed by atoms with E-state index in [0.29, 0.717) is 10.6 Å². The lowest BCUT2D eigenvalue weighted by atomic mass is 9.79. The van der Waals surface area contributed by atoms with Gasteiger partial charge in [-0.3, -0.25) is 4.79 Å². The largest absolute Gasteiger partial charge is 0.459 e. The van der Waals surface area contributed by atoms with Crippen LogP contribution in [0.2, 0.25) is 10.0 Å². The third-order valence-electron chi connectivity index (χ3n) is 5.29. The molecule has 3 N–H and O–H groups in total. The van der Waals surface area contributed by atoms with Gasteiger partial charge in [-0.2, -0.15) is 13.2 Å². The predicted molar refractivity (Wildman–Crippen MR) is 114 cm³/mol. The van der Waals surface area contributed by atoms with Gasteiger partial charge >= 0.3 is 12.2 Å². The molecule has 0 aliphatic carbocycles. The second kappa shape index (κ2) is 8.40. The third kappa shape index (κ3) is 4.19. The summed E-state index contributed by atoms with van der Waals surface area (Å²) < 4.78 is 47.7. The number of Topliss-reactive ketones (excluding diaryl/α,β-unsaturated/α-hetero) is 1. The van der Waals surface area contributed by atoms with Gasteiger partial charge in [-0.25, -0.2) is 4.79 Å². The van der Waals surface area contributed by atoms with E-state index in [1.807, 2.05) is 0 Å². The number of amides is 2. The molecule has 1 aliphatic heterocycles. The van der Waals surface area contributed by atoms with Crippen molar-refractivity contribution in [2.75, 3.05) is 0 Å². The van der Waals surface area contributed by atoms with Crippen molar-refractivity contribution in [3.8, 4) is 11.3 Å². The van der Waals surface area contributed by atoms with Gasteiger partial charge in [-0.15, -0.1) is 0 Å². The minimum Gasteiger partial charge on any atom is -0.459 e. The second-order valence-electron chi connectivity index (χ2n) is 7.37.